The molecule has 3 heterocycles. The third kappa shape index (κ3) is 2.08. The van der Waals surface area contributed by atoms with Crippen molar-refractivity contribution in [1.82, 2.24) is 19.9 Å². The van der Waals surface area contributed by atoms with Crippen molar-refractivity contribution < 1.29 is 0 Å². The smallest absolute Gasteiger partial charge is 0.141 e. The number of fused-ring (bicyclic) bond motifs is 1. The van der Waals surface area contributed by atoms with Gasteiger partial charge in [0.2, 0.25) is 0 Å². The molecule has 5 nitrogen and oxygen atoms in total. The molecule has 0 aliphatic carbocycles. The summed E-state index contributed by atoms with van der Waals surface area (Å²) in [4.78, 5) is 16.4. The van der Waals surface area contributed by atoms with Crippen LogP contribution in [0.1, 0.15) is 11.4 Å². The molecule has 0 bridgehead atoms. The highest BCUT2D eigenvalue weighted by Crippen LogP contribution is 2.28. The second kappa shape index (κ2) is 4.78. The van der Waals surface area contributed by atoms with Crippen molar-refractivity contribution in [1.29, 1.82) is 0 Å². The standard InChI is InChI=1S/C14H15N5/c1-9-18-13(11-3-2-6-16-7-11)12-10(4-5-15)8-17-14(12)19-9/h2-3,6-8H,4-5,15H2,1H3,(H,17,18,19). The van der Waals surface area contributed by atoms with Gasteiger partial charge in [-0.05, 0) is 37.6 Å². The van der Waals surface area contributed by atoms with E-state index >= 15 is 0 Å². The molecule has 96 valence electrons. The third-order valence-corrected chi connectivity index (χ3v) is 3.07. The number of rotatable bonds is 3. The van der Waals surface area contributed by atoms with Crippen LogP contribution in [-0.4, -0.2) is 26.5 Å². The highest BCUT2D eigenvalue weighted by Gasteiger charge is 2.13. The van der Waals surface area contributed by atoms with Crippen LogP contribution >= 0.6 is 0 Å². The summed E-state index contributed by atoms with van der Waals surface area (Å²) in [5.41, 5.74) is 9.58. The summed E-state index contributed by atoms with van der Waals surface area (Å²) in [7, 11) is 0. The second-order valence-corrected chi connectivity index (χ2v) is 4.44. The highest BCUT2D eigenvalue weighted by molar-refractivity contribution is 5.93. The number of pyridine rings is 1. The van der Waals surface area contributed by atoms with E-state index in [1.807, 2.05) is 31.5 Å². The van der Waals surface area contributed by atoms with Crippen molar-refractivity contribution in [2.75, 3.05) is 6.54 Å². The Bertz CT molecular complexity index is 702. The molecule has 0 saturated carbocycles. The maximum absolute atomic E-state index is 5.66. The predicted octanol–water partition coefficient (Wildman–Crippen LogP) is 1.83. The van der Waals surface area contributed by atoms with Gasteiger partial charge in [-0.3, -0.25) is 4.98 Å². The average Bonchev–Trinajstić information content (AvgIpc) is 2.82. The number of hydrogen-bond acceptors (Lipinski definition) is 4. The van der Waals surface area contributed by atoms with E-state index in [-0.39, 0.29) is 0 Å². The van der Waals surface area contributed by atoms with Crippen LogP contribution in [0.25, 0.3) is 22.3 Å². The number of aryl methyl sites for hydroxylation is 1. The molecule has 0 unspecified atom stereocenters. The molecule has 3 rings (SSSR count). The van der Waals surface area contributed by atoms with Crippen LogP contribution in [-0.2, 0) is 6.42 Å². The topological polar surface area (TPSA) is 80.5 Å². The summed E-state index contributed by atoms with van der Waals surface area (Å²) in [6.07, 6.45) is 6.35. The summed E-state index contributed by atoms with van der Waals surface area (Å²) in [5, 5.41) is 1.05. The van der Waals surface area contributed by atoms with Gasteiger partial charge < -0.3 is 10.7 Å². The zero-order chi connectivity index (χ0) is 13.2. The molecule has 0 aliphatic rings. The molecule has 5 heteroatoms. The van der Waals surface area contributed by atoms with Crippen LogP contribution in [0.4, 0.5) is 0 Å². The van der Waals surface area contributed by atoms with Crippen LogP contribution in [0.5, 0.6) is 0 Å². The van der Waals surface area contributed by atoms with Gasteiger partial charge in [-0.2, -0.15) is 0 Å². The van der Waals surface area contributed by atoms with E-state index < -0.39 is 0 Å². The number of nitrogens with zero attached hydrogens (tertiary/aromatic N) is 3. The predicted molar refractivity (Wildman–Crippen MR) is 74.6 cm³/mol. The Labute approximate surface area is 110 Å². The van der Waals surface area contributed by atoms with Crippen molar-refractivity contribution in [2.24, 2.45) is 5.73 Å². The first kappa shape index (κ1) is 11.8. The monoisotopic (exact) mass is 253 g/mol. The van der Waals surface area contributed by atoms with Crippen molar-refractivity contribution in [2.45, 2.75) is 13.3 Å². The lowest BCUT2D eigenvalue weighted by Gasteiger charge is -2.05. The van der Waals surface area contributed by atoms with Crippen LogP contribution in [0, 0.1) is 6.92 Å². The van der Waals surface area contributed by atoms with E-state index in [2.05, 4.69) is 19.9 Å². The molecule has 0 radical (unpaired) electrons. The largest absolute Gasteiger partial charge is 0.346 e. The number of aromatic amines is 1. The molecule has 0 atom stereocenters. The van der Waals surface area contributed by atoms with Gasteiger partial charge in [-0.1, -0.05) is 0 Å². The number of nitrogens with two attached hydrogens (primary N) is 1. The third-order valence-electron chi connectivity index (χ3n) is 3.07. The van der Waals surface area contributed by atoms with Crippen molar-refractivity contribution in [3.8, 4) is 11.3 Å². The van der Waals surface area contributed by atoms with Gasteiger partial charge >= 0.3 is 0 Å². The maximum atomic E-state index is 5.66. The molecule has 3 aromatic heterocycles. The first-order valence-electron chi connectivity index (χ1n) is 6.24. The molecule has 0 saturated heterocycles. The van der Waals surface area contributed by atoms with Crippen molar-refractivity contribution in [3.63, 3.8) is 0 Å². The van der Waals surface area contributed by atoms with Crippen LogP contribution < -0.4 is 5.73 Å². The lowest BCUT2D eigenvalue weighted by atomic mass is 10.1. The van der Waals surface area contributed by atoms with Crippen molar-refractivity contribution in [3.05, 3.63) is 42.1 Å². The van der Waals surface area contributed by atoms with Crippen LogP contribution in [0.15, 0.2) is 30.7 Å². The molecule has 0 fully saturated rings. The number of H-pyrrole nitrogens is 1. The van der Waals surface area contributed by atoms with Crippen LogP contribution in [0.3, 0.4) is 0 Å². The summed E-state index contributed by atoms with van der Waals surface area (Å²) in [5.74, 6) is 0.743. The van der Waals surface area contributed by atoms with Gasteiger partial charge in [0.25, 0.3) is 0 Å². The highest BCUT2D eigenvalue weighted by atomic mass is 14.9. The molecule has 0 aromatic carbocycles. The van der Waals surface area contributed by atoms with E-state index in [1.165, 1.54) is 0 Å². The number of hydrogen-bond donors (Lipinski definition) is 2. The molecule has 0 amide bonds. The fourth-order valence-electron chi connectivity index (χ4n) is 2.27. The van der Waals surface area contributed by atoms with E-state index in [1.54, 1.807) is 6.20 Å². The van der Waals surface area contributed by atoms with Crippen molar-refractivity contribution >= 4 is 11.0 Å². The summed E-state index contributed by atoms with van der Waals surface area (Å²) < 4.78 is 0. The average molecular weight is 253 g/mol. The van der Waals surface area contributed by atoms with Gasteiger partial charge in [0.15, 0.2) is 0 Å². The summed E-state index contributed by atoms with van der Waals surface area (Å²) >= 11 is 0. The Kier molecular flexibility index (Phi) is 2.97. The van der Waals surface area contributed by atoms with E-state index in [0.717, 1.165) is 40.1 Å². The van der Waals surface area contributed by atoms with E-state index in [4.69, 9.17) is 5.73 Å². The number of aromatic nitrogens is 4. The minimum absolute atomic E-state index is 0.604. The molecule has 0 aliphatic heterocycles. The zero-order valence-corrected chi connectivity index (χ0v) is 10.7. The first-order chi connectivity index (χ1) is 9.29. The van der Waals surface area contributed by atoms with Gasteiger partial charge in [-0.15, -0.1) is 0 Å². The first-order valence-corrected chi connectivity index (χ1v) is 6.24. The Morgan fingerprint density at radius 1 is 1.32 bits per heavy atom. The quantitative estimate of drug-likeness (QED) is 0.746. The summed E-state index contributed by atoms with van der Waals surface area (Å²) in [6, 6.07) is 3.92. The van der Waals surface area contributed by atoms with Gasteiger partial charge in [0.05, 0.1) is 5.69 Å². The molecule has 3 N–H and O–H groups in total. The fourth-order valence-corrected chi connectivity index (χ4v) is 2.27. The summed E-state index contributed by atoms with van der Waals surface area (Å²) in [6.45, 7) is 2.50. The molecular formula is C14H15N5. The van der Waals surface area contributed by atoms with E-state index in [9.17, 15) is 0 Å². The Morgan fingerprint density at radius 3 is 2.95 bits per heavy atom. The number of nitrogens with one attached hydrogen (secondary N) is 1. The van der Waals surface area contributed by atoms with Gasteiger partial charge in [0, 0.05) is 29.5 Å². The Balaban J connectivity index is 2.30. The normalized spacial score (nSPS) is 11.1. The molecule has 19 heavy (non-hydrogen) atoms. The van der Waals surface area contributed by atoms with E-state index in [0.29, 0.717) is 6.54 Å². The Morgan fingerprint density at radius 2 is 2.21 bits per heavy atom. The fraction of sp³-hybridized carbons (Fsp3) is 0.214. The maximum Gasteiger partial charge on any atom is 0.141 e. The molecular weight excluding hydrogens is 238 g/mol. The van der Waals surface area contributed by atoms with Crippen LogP contribution in [0.2, 0.25) is 0 Å². The van der Waals surface area contributed by atoms with Gasteiger partial charge in [-0.25, -0.2) is 9.97 Å². The lowest BCUT2D eigenvalue weighted by molar-refractivity contribution is 0.975. The molecule has 0 spiro atoms. The minimum Gasteiger partial charge on any atom is -0.346 e. The van der Waals surface area contributed by atoms with Gasteiger partial charge in [0.1, 0.15) is 11.5 Å². The molecule has 3 aromatic rings. The lowest BCUT2D eigenvalue weighted by Crippen LogP contribution is -2.03. The SMILES string of the molecule is Cc1nc(-c2cccnc2)c2c(CCN)c[nH]c2n1. The minimum atomic E-state index is 0.604. The zero-order valence-electron chi connectivity index (χ0n) is 10.7. The Hall–Kier alpha value is -2.27. The second-order valence-electron chi connectivity index (χ2n) is 4.44.